The quantitative estimate of drug-likeness (QED) is 0.193. The number of hydrogen-bond donors (Lipinski definition) is 1. The third kappa shape index (κ3) is 8.92. The van der Waals surface area contributed by atoms with Gasteiger partial charge in [0.2, 0.25) is 5.95 Å². The lowest BCUT2D eigenvalue weighted by Gasteiger charge is -2.42. The van der Waals surface area contributed by atoms with E-state index >= 15 is 0 Å². The lowest BCUT2D eigenvalue weighted by molar-refractivity contribution is -0.0852. The molecule has 15 nitrogen and oxygen atoms in total. The van der Waals surface area contributed by atoms with E-state index in [1.807, 2.05) is 36.9 Å². The molecule has 2 fully saturated rings. The Morgan fingerprint density at radius 3 is 2.44 bits per heavy atom. The zero-order valence-electron chi connectivity index (χ0n) is 29.5. The van der Waals surface area contributed by atoms with E-state index < -0.39 is 0 Å². The van der Waals surface area contributed by atoms with Gasteiger partial charge in [-0.15, -0.1) is 10.2 Å². The van der Waals surface area contributed by atoms with Crippen molar-refractivity contribution in [3.63, 3.8) is 0 Å². The summed E-state index contributed by atoms with van der Waals surface area (Å²) in [5.74, 6) is 1.40. The van der Waals surface area contributed by atoms with Crippen molar-refractivity contribution in [3.8, 4) is 28.8 Å². The SMILES string of the molecule is COC(C)CCOc1nn([C@H]2CC[C@H](N3C[C@@H](C)O[C@@H](C)C3)CC2)cc1Nc1ncc(-c2ccc(C#N)c(O[C@@H](C)Cn3cnnn3)c2)cn1. The predicted octanol–water partition coefficient (Wildman–Crippen LogP) is 4.81. The van der Waals surface area contributed by atoms with Crippen LogP contribution >= 0.6 is 0 Å². The highest BCUT2D eigenvalue weighted by Crippen LogP contribution is 2.35. The number of benzene rings is 1. The number of nitrogens with one attached hydrogen (secondary N) is 1. The molecule has 4 aromatic rings. The Morgan fingerprint density at radius 2 is 1.76 bits per heavy atom. The summed E-state index contributed by atoms with van der Waals surface area (Å²) >= 11 is 0. The third-order valence-electron chi connectivity index (χ3n) is 9.37. The van der Waals surface area contributed by atoms with Crippen molar-refractivity contribution in [2.75, 3.05) is 32.1 Å². The van der Waals surface area contributed by atoms with Crippen LogP contribution in [0.1, 0.15) is 71.4 Å². The average Bonchev–Trinajstić information content (AvgIpc) is 3.78. The van der Waals surface area contributed by atoms with Crippen molar-refractivity contribution in [1.82, 2.24) is 44.9 Å². The number of aromatic nitrogens is 8. The highest BCUT2D eigenvalue weighted by atomic mass is 16.5. The number of tetrazole rings is 1. The maximum atomic E-state index is 9.68. The number of anilines is 2. The summed E-state index contributed by atoms with van der Waals surface area (Å²) in [5, 5.41) is 29.1. The Balaban J connectivity index is 1.13. The van der Waals surface area contributed by atoms with Crippen LogP contribution in [0.15, 0.2) is 43.1 Å². The van der Waals surface area contributed by atoms with Crippen LogP contribution in [-0.2, 0) is 16.0 Å². The first-order valence-electron chi connectivity index (χ1n) is 17.4. The minimum absolute atomic E-state index is 0.0765. The first kappa shape index (κ1) is 35.2. The summed E-state index contributed by atoms with van der Waals surface area (Å²) in [6, 6.07) is 8.48. The summed E-state index contributed by atoms with van der Waals surface area (Å²) in [6.45, 7) is 11.1. The van der Waals surface area contributed by atoms with Gasteiger partial charge in [-0.05, 0) is 81.5 Å². The molecule has 1 aliphatic heterocycles. The van der Waals surface area contributed by atoms with E-state index in [0.717, 1.165) is 56.3 Å². The number of hydrogen-bond acceptors (Lipinski definition) is 13. The molecule has 15 heteroatoms. The van der Waals surface area contributed by atoms with Gasteiger partial charge in [0.15, 0.2) is 0 Å². The van der Waals surface area contributed by atoms with Gasteiger partial charge >= 0.3 is 0 Å². The van der Waals surface area contributed by atoms with Crippen LogP contribution in [0.2, 0.25) is 0 Å². The molecule has 3 aromatic heterocycles. The van der Waals surface area contributed by atoms with Gasteiger partial charge in [-0.3, -0.25) is 9.58 Å². The van der Waals surface area contributed by atoms with Crippen LogP contribution in [0, 0.1) is 11.3 Å². The number of nitrogens with zero attached hydrogens (tertiary/aromatic N) is 10. The first-order valence-corrected chi connectivity index (χ1v) is 17.4. The second-order valence-corrected chi connectivity index (χ2v) is 13.4. The van der Waals surface area contributed by atoms with E-state index in [9.17, 15) is 5.26 Å². The van der Waals surface area contributed by atoms with Crippen molar-refractivity contribution < 1.29 is 18.9 Å². The van der Waals surface area contributed by atoms with Crippen molar-refractivity contribution in [2.24, 2.45) is 0 Å². The van der Waals surface area contributed by atoms with Crippen LogP contribution < -0.4 is 14.8 Å². The number of morpholine rings is 1. The molecule has 1 N–H and O–H groups in total. The Labute approximate surface area is 292 Å². The maximum Gasteiger partial charge on any atom is 0.256 e. The van der Waals surface area contributed by atoms with Gasteiger partial charge in [0.25, 0.3) is 5.88 Å². The van der Waals surface area contributed by atoms with Crippen LogP contribution in [0.3, 0.4) is 0 Å². The number of methoxy groups -OCH3 is 1. The molecule has 1 aromatic carbocycles. The molecule has 0 spiro atoms. The number of ether oxygens (including phenoxy) is 4. The second-order valence-electron chi connectivity index (χ2n) is 13.4. The molecular formula is C35H47N11O4. The zero-order chi connectivity index (χ0) is 35.0. The maximum absolute atomic E-state index is 9.68. The Morgan fingerprint density at radius 1 is 1.02 bits per heavy atom. The Kier molecular flexibility index (Phi) is 11.5. The van der Waals surface area contributed by atoms with E-state index in [0.29, 0.717) is 48.0 Å². The molecule has 1 saturated heterocycles. The molecule has 4 atom stereocenters. The molecule has 266 valence electrons. The minimum atomic E-state index is -0.272. The van der Waals surface area contributed by atoms with E-state index in [2.05, 4.69) is 55.6 Å². The monoisotopic (exact) mass is 685 g/mol. The van der Waals surface area contributed by atoms with Crippen LogP contribution in [0.4, 0.5) is 11.6 Å². The lowest BCUT2D eigenvalue weighted by Crippen LogP contribution is -2.51. The smallest absolute Gasteiger partial charge is 0.256 e. The van der Waals surface area contributed by atoms with Gasteiger partial charge in [0.05, 0.1) is 49.3 Å². The lowest BCUT2D eigenvalue weighted by atomic mass is 9.89. The van der Waals surface area contributed by atoms with Crippen LogP contribution in [-0.4, -0.2) is 102 Å². The van der Waals surface area contributed by atoms with Gasteiger partial charge < -0.3 is 24.3 Å². The fraction of sp³-hybridized carbons (Fsp3) is 0.571. The topological polar surface area (TPSA) is 163 Å². The van der Waals surface area contributed by atoms with Crippen LogP contribution in [0.25, 0.3) is 11.1 Å². The van der Waals surface area contributed by atoms with Crippen molar-refractivity contribution in [1.29, 1.82) is 5.26 Å². The minimum Gasteiger partial charge on any atom is -0.487 e. The molecule has 1 saturated carbocycles. The van der Waals surface area contributed by atoms with Gasteiger partial charge in [-0.2, -0.15) is 5.26 Å². The number of rotatable bonds is 14. The molecule has 0 bridgehead atoms. The average molecular weight is 686 g/mol. The predicted molar refractivity (Wildman–Crippen MR) is 185 cm³/mol. The zero-order valence-corrected chi connectivity index (χ0v) is 29.5. The van der Waals surface area contributed by atoms with Crippen molar-refractivity contribution in [2.45, 2.75) is 103 Å². The fourth-order valence-corrected chi connectivity index (χ4v) is 6.73. The molecule has 6 rings (SSSR count). The third-order valence-corrected chi connectivity index (χ3v) is 9.37. The highest BCUT2D eigenvalue weighted by Gasteiger charge is 2.32. The van der Waals surface area contributed by atoms with Crippen molar-refractivity contribution in [3.05, 3.63) is 48.7 Å². The molecular weight excluding hydrogens is 638 g/mol. The summed E-state index contributed by atoms with van der Waals surface area (Å²) in [7, 11) is 1.70. The second kappa shape index (κ2) is 16.4. The van der Waals surface area contributed by atoms with Gasteiger partial charge in [0, 0.05) is 50.6 Å². The summed E-state index contributed by atoms with van der Waals surface area (Å²) < 4.78 is 27.3. The number of nitriles is 1. The van der Waals surface area contributed by atoms with Gasteiger partial charge in [-0.1, -0.05) is 6.07 Å². The normalized spacial score (nSPS) is 22.4. The molecule has 1 aliphatic carbocycles. The molecule has 0 radical (unpaired) electrons. The van der Waals surface area contributed by atoms with Gasteiger partial charge in [-0.25, -0.2) is 14.6 Å². The van der Waals surface area contributed by atoms with Crippen molar-refractivity contribution >= 4 is 11.6 Å². The molecule has 0 amide bonds. The van der Waals surface area contributed by atoms with Gasteiger partial charge in [0.1, 0.15) is 29.9 Å². The van der Waals surface area contributed by atoms with Crippen LogP contribution in [0.5, 0.6) is 11.6 Å². The Hall–Kier alpha value is -4.65. The molecule has 2 aliphatic rings. The summed E-state index contributed by atoms with van der Waals surface area (Å²) in [4.78, 5) is 11.8. The molecule has 4 heterocycles. The highest BCUT2D eigenvalue weighted by molar-refractivity contribution is 5.67. The van der Waals surface area contributed by atoms with E-state index in [1.165, 1.54) is 6.33 Å². The largest absolute Gasteiger partial charge is 0.487 e. The Bertz CT molecular complexity index is 1690. The summed E-state index contributed by atoms with van der Waals surface area (Å²) in [5.41, 5.74) is 2.74. The standard InChI is InChI=1S/C35H47N11O4/c1-23(47-5)12-13-48-34-32(21-46(41-34)31-10-8-30(9-11-31)44-18-24(2)49-25(3)19-44)40-35-37-16-29(17-38-35)27-6-7-28(15-36)33(14-27)50-26(4)20-45-22-39-42-43-45/h6-7,14,16-17,21-26,30-31H,8-13,18-20H2,1-5H3,(H,37,38,40)/t23?,24-,25+,26-,30-,31-/m0/s1. The fourth-order valence-electron chi connectivity index (χ4n) is 6.73. The molecule has 50 heavy (non-hydrogen) atoms. The van der Waals surface area contributed by atoms with E-state index in [1.54, 1.807) is 30.3 Å². The summed E-state index contributed by atoms with van der Waals surface area (Å²) in [6.07, 6.45) is 12.4. The van der Waals surface area contributed by atoms with E-state index in [4.69, 9.17) is 24.0 Å². The molecule has 1 unspecified atom stereocenters. The van der Waals surface area contributed by atoms with E-state index in [-0.39, 0.29) is 30.5 Å². The first-order chi connectivity index (χ1) is 24.3.